The SMILES string of the molecule is OC1CC2CCCCC2CC1C(C1CC(C(C2CC3CCCCC3CC2O)C2CC3CCCCC3CC2O)CC(C(C2CC3CCCCC3CC2O)C2CC3CCCCC3CC2O)C1)C1CC2CCCCC2CC1O. The third-order valence-electron chi connectivity index (χ3n) is 28.5. The van der Waals surface area contributed by atoms with E-state index in [-0.39, 0.29) is 89.9 Å². The monoisotopic (exact) mass is 1040 g/mol. The molecule has 0 spiro atoms. The van der Waals surface area contributed by atoms with Crippen molar-refractivity contribution in [3.63, 3.8) is 0 Å². The standard InChI is InChI=1S/C69H114O6/c70-61-34-46-19-7-1-13-40(46)28-55(61)67(56-29-41-14-2-8-20-47(41)35-62(56)71)52-25-53(68(57-30-42-15-3-9-21-48(42)36-63(57)72)58-31-43-16-4-10-22-49(43)37-64(58)73)27-54(26-52)69(59-32-44-17-5-11-23-50(44)38-65(59)74)60-33-45-18-6-12-24-51(45)39-66(60)75/h40-75H,1-39H2. The normalized spacial score (nSPS) is 53.8. The molecule has 24 atom stereocenters. The highest BCUT2D eigenvalue weighted by molar-refractivity contribution is 5.08. The second-order valence-electron chi connectivity index (χ2n) is 31.8. The smallest absolute Gasteiger partial charge is 0.0574 e. The van der Waals surface area contributed by atoms with E-state index in [4.69, 9.17) is 0 Å². The maximum Gasteiger partial charge on any atom is 0.0574 e. The van der Waals surface area contributed by atoms with Gasteiger partial charge in [-0.15, -0.1) is 0 Å². The van der Waals surface area contributed by atoms with E-state index in [0.29, 0.717) is 88.8 Å². The van der Waals surface area contributed by atoms with E-state index in [1.54, 1.807) is 0 Å². The van der Waals surface area contributed by atoms with E-state index in [1.165, 1.54) is 154 Å². The zero-order valence-electron chi connectivity index (χ0n) is 47.6. The van der Waals surface area contributed by atoms with Gasteiger partial charge in [0.25, 0.3) is 0 Å². The molecule has 13 rings (SSSR count). The van der Waals surface area contributed by atoms with Crippen molar-refractivity contribution in [3.8, 4) is 0 Å². The average molecular weight is 1040 g/mol. The van der Waals surface area contributed by atoms with Crippen molar-refractivity contribution >= 4 is 0 Å². The van der Waals surface area contributed by atoms with E-state index < -0.39 is 0 Å². The van der Waals surface area contributed by atoms with Crippen LogP contribution in [0.3, 0.4) is 0 Å². The van der Waals surface area contributed by atoms with Gasteiger partial charge in [-0.1, -0.05) is 154 Å². The summed E-state index contributed by atoms with van der Waals surface area (Å²) in [5.41, 5.74) is 0. The van der Waals surface area contributed by atoms with Gasteiger partial charge in [-0.05, 0) is 238 Å². The van der Waals surface area contributed by atoms with Gasteiger partial charge in [0.2, 0.25) is 0 Å². The van der Waals surface area contributed by atoms with Crippen LogP contribution in [0.1, 0.15) is 250 Å². The van der Waals surface area contributed by atoms with Gasteiger partial charge in [0.05, 0.1) is 36.6 Å². The molecule has 0 aromatic rings. The molecule has 13 fully saturated rings. The van der Waals surface area contributed by atoms with Crippen molar-refractivity contribution in [2.75, 3.05) is 0 Å². The lowest BCUT2D eigenvalue weighted by Gasteiger charge is -2.59. The summed E-state index contributed by atoms with van der Waals surface area (Å²) < 4.78 is 0. The van der Waals surface area contributed by atoms with Crippen LogP contribution in [0.25, 0.3) is 0 Å². The third kappa shape index (κ3) is 11.0. The zero-order chi connectivity index (χ0) is 50.9. The molecule has 13 aliphatic rings. The fourth-order valence-electron chi connectivity index (χ4n) is 25.3. The average Bonchev–Trinajstić information content (AvgIpc) is 3.42. The molecule has 426 valence electrons. The van der Waals surface area contributed by atoms with Crippen LogP contribution >= 0.6 is 0 Å². The molecule has 6 N–H and O–H groups in total. The topological polar surface area (TPSA) is 121 Å². The highest BCUT2D eigenvalue weighted by Crippen LogP contribution is 2.63. The summed E-state index contributed by atoms with van der Waals surface area (Å²) in [5, 5.41) is 77.9. The molecule has 13 aliphatic carbocycles. The molecule has 6 nitrogen and oxygen atoms in total. The van der Waals surface area contributed by atoms with E-state index in [9.17, 15) is 30.6 Å². The van der Waals surface area contributed by atoms with Gasteiger partial charge in [0, 0.05) is 0 Å². The predicted octanol–water partition coefficient (Wildman–Crippen LogP) is 14.3. The Labute approximate surface area is 457 Å². The fourth-order valence-corrected chi connectivity index (χ4v) is 25.3. The lowest BCUT2D eigenvalue weighted by molar-refractivity contribution is -0.144. The first-order chi connectivity index (χ1) is 36.6. The van der Waals surface area contributed by atoms with Gasteiger partial charge in [0.15, 0.2) is 0 Å². The van der Waals surface area contributed by atoms with Crippen LogP contribution in [0.2, 0.25) is 0 Å². The first-order valence-corrected chi connectivity index (χ1v) is 34.7. The number of hydrogen-bond donors (Lipinski definition) is 6. The Bertz CT molecular complexity index is 1510. The van der Waals surface area contributed by atoms with Gasteiger partial charge >= 0.3 is 0 Å². The van der Waals surface area contributed by atoms with Crippen LogP contribution in [0, 0.1) is 142 Å². The van der Waals surface area contributed by atoms with Gasteiger partial charge in [-0.3, -0.25) is 0 Å². The quantitative estimate of drug-likeness (QED) is 0.137. The molecule has 0 bridgehead atoms. The lowest BCUT2D eigenvalue weighted by atomic mass is 9.47. The molecule has 24 unspecified atom stereocenters. The van der Waals surface area contributed by atoms with Gasteiger partial charge in [-0.2, -0.15) is 0 Å². The number of aliphatic hydroxyl groups excluding tert-OH is 6. The Morgan fingerprint density at radius 2 is 0.307 bits per heavy atom. The summed E-state index contributed by atoms with van der Waals surface area (Å²) >= 11 is 0. The summed E-state index contributed by atoms with van der Waals surface area (Å²) in [5.74, 6) is 11.2. The number of aliphatic hydroxyl groups is 6. The van der Waals surface area contributed by atoms with E-state index in [1.807, 2.05) is 0 Å². The van der Waals surface area contributed by atoms with E-state index in [0.717, 1.165) is 96.3 Å². The van der Waals surface area contributed by atoms with Gasteiger partial charge in [-0.25, -0.2) is 0 Å². The van der Waals surface area contributed by atoms with Crippen molar-refractivity contribution in [1.82, 2.24) is 0 Å². The van der Waals surface area contributed by atoms with Crippen LogP contribution in [0.15, 0.2) is 0 Å². The Morgan fingerprint density at radius 3 is 0.453 bits per heavy atom. The van der Waals surface area contributed by atoms with Crippen molar-refractivity contribution < 1.29 is 30.6 Å². The summed E-state index contributed by atoms with van der Waals surface area (Å²) in [6.07, 6.45) is 45.4. The van der Waals surface area contributed by atoms with Crippen molar-refractivity contribution in [2.45, 2.75) is 287 Å². The van der Waals surface area contributed by atoms with Crippen molar-refractivity contribution in [3.05, 3.63) is 0 Å². The molecule has 0 aliphatic heterocycles. The highest BCUT2D eigenvalue weighted by Gasteiger charge is 2.58. The molecular formula is C69H114O6. The predicted molar refractivity (Wildman–Crippen MR) is 300 cm³/mol. The van der Waals surface area contributed by atoms with E-state index >= 15 is 0 Å². The molecule has 75 heavy (non-hydrogen) atoms. The van der Waals surface area contributed by atoms with Crippen molar-refractivity contribution in [1.29, 1.82) is 0 Å². The number of fused-ring (bicyclic) bond motifs is 6. The maximum atomic E-state index is 13.0. The lowest BCUT2D eigenvalue weighted by Crippen LogP contribution is -2.55. The molecule has 0 radical (unpaired) electrons. The molecule has 6 heteroatoms. The minimum absolute atomic E-state index is 0.212. The first kappa shape index (κ1) is 54.0. The Kier molecular flexibility index (Phi) is 17.0. The fraction of sp³-hybridized carbons (Fsp3) is 1.00. The summed E-state index contributed by atoms with van der Waals surface area (Å²) in [4.78, 5) is 0. The number of rotatable bonds is 9. The zero-order valence-corrected chi connectivity index (χ0v) is 47.6. The molecule has 0 saturated heterocycles. The molecule has 0 aromatic heterocycles. The van der Waals surface area contributed by atoms with Gasteiger partial charge in [0.1, 0.15) is 0 Å². The third-order valence-corrected chi connectivity index (χ3v) is 28.5. The van der Waals surface area contributed by atoms with E-state index in [2.05, 4.69) is 0 Å². The highest BCUT2D eigenvalue weighted by atomic mass is 16.3. The second-order valence-corrected chi connectivity index (χ2v) is 31.8. The number of hydrogen-bond acceptors (Lipinski definition) is 6. The van der Waals surface area contributed by atoms with Crippen LogP contribution in [0.4, 0.5) is 0 Å². The van der Waals surface area contributed by atoms with Crippen LogP contribution < -0.4 is 0 Å². The molecule has 0 aromatic carbocycles. The van der Waals surface area contributed by atoms with Gasteiger partial charge < -0.3 is 30.6 Å². The molecule has 0 heterocycles. The summed E-state index contributed by atoms with van der Waals surface area (Å²) in [7, 11) is 0. The van der Waals surface area contributed by atoms with Crippen LogP contribution in [-0.4, -0.2) is 67.3 Å². The molecule has 0 amide bonds. The maximum absolute atomic E-state index is 13.0. The largest absolute Gasteiger partial charge is 0.393 e. The minimum atomic E-state index is -0.311. The second kappa shape index (κ2) is 23.6. The summed E-state index contributed by atoms with van der Waals surface area (Å²) in [6.45, 7) is 0. The van der Waals surface area contributed by atoms with Crippen LogP contribution in [-0.2, 0) is 0 Å². The van der Waals surface area contributed by atoms with Crippen molar-refractivity contribution in [2.24, 2.45) is 142 Å². The molecule has 13 saturated carbocycles. The van der Waals surface area contributed by atoms with Crippen LogP contribution in [0.5, 0.6) is 0 Å². The first-order valence-electron chi connectivity index (χ1n) is 34.7. The Hall–Kier alpha value is -0.240. The Balaban J connectivity index is 0.939. The minimum Gasteiger partial charge on any atom is -0.393 e. The summed E-state index contributed by atoms with van der Waals surface area (Å²) in [6, 6.07) is 0. The molecular weight excluding hydrogens is 925 g/mol. The Morgan fingerprint density at radius 1 is 0.173 bits per heavy atom.